The molecule has 1 saturated heterocycles. The van der Waals surface area contributed by atoms with Crippen LogP contribution in [0.25, 0.3) is 0 Å². The zero-order valence-electron chi connectivity index (χ0n) is 15.8. The van der Waals surface area contributed by atoms with Gasteiger partial charge in [-0.05, 0) is 31.4 Å². The first-order chi connectivity index (χ1) is 13.1. The number of carbonyl (C=O) groups is 3. The van der Waals surface area contributed by atoms with Crippen LogP contribution in [0.3, 0.4) is 0 Å². The van der Waals surface area contributed by atoms with Crippen LogP contribution < -0.4 is 15.0 Å². The van der Waals surface area contributed by atoms with Crippen LogP contribution in [0.5, 0.6) is 5.75 Å². The van der Waals surface area contributed by atoms with E-state index in [1.54, 1.807) is 9.80 Å². The number of nitrogens with zero attached hydrogens (tertiary/aromatic N) is 2. The summed E-state index contributed by atoms with van der Waals surface area (Å²) in [6.45, 7) is 3.55. The van der Waals surface area contributed by atoms with E-state index in [0.29, 0.717) is 37.5 Å². The number of para-hydroxylation sites is 2. The first kappa shape index (κ1) is 19.2. The molecule has 7 nitrogen and oxygen atoms in total. The van der Waals surface area contributed by atoms with Crippen molar-refractivity contribution >= 4 is 23.4 Å². The summed E-state index contributed by atoms with van der Waals surface area (Å²) in [6.07, 6.45) is 3.37. The maximum atomic E-state index is 12.7. The number of anilines is 1. The summed E-state index contributed by atoms with van der Waals surface area (Å²) in [7, 11) is 0. The van der Waals surface area contributed by atoms with Crippen LogP contribution >= 0.6 is 0 Å². The van der Waals surface area contributed by atoms with Crippen LogP contribution in [0.4, 0.5) is 5.69 Å². The molecule has 1 atom stereocenters. The van der Waals surface area contributed by atoms with Crippen LogP contribution in [0.1, 0.15) is 39.0 Å². The molecule has 0 bridgehead atoms. The summed E-state index contributed by atoms with van der Waals surface area (Å²) in [5.74, 6) is 0.597. The van der Waals surface area contributed by atoms with Gasteiger partial charge in [0, 0.05) is 38.5 Å². The third-order valence-corrected chi connectivity index (χ3v) is 4.97. The van der Waals surface area contributed by atoms with E-state index in [1.807, 2.05) is 31.2 Å². The number of likely N-dealkylation sites (tertiary alicyclic amines) is 1. The Labute approximate surface area is 159 Å². The lowest BCUT2D eigenvalue weighted by molar-refractivity contribution is -0.133. The normalized spacial score (nSPS) is 19.3. The maximum Gasteiger partial charge on any atom is 0.265 e. The Morgan fingerprint density at radius 3 is 2.89 bits per heavy atom. The topological polar surface area (TPSA) is 79.0 Å². The van der Waals surface area contributed by atoms with Crippen molar-refractivity contribution in [2.75, 3.05) is 31.1 Å². The molecular weight excluding hydrogens is 346 g/mol. The molecule has 1 unspecified atom stereocenters. The van der Waals surface area contributed by atoms with Gasteiger partial charge in [0.2, 0.25) is 11.8 Å². The number of hydrogen-bond donors (Lipinski definition) is 1. The van der Waals surface area contributed by atoms with Crippen LogP contribution in [0.2, 0.25) is 0 Å². The predicted molar refractivity (Wildman–Crippen MR) is 102 cm³/mol. The van der Waals surface area contributed by atoms with E-state index in [1.165, 1.54) is 0 Å². The fourth-order valence-electron chi connectivity index (χ4n) is 3.61. The summed E-state index contributed by atoms with van der Waals surface area (Å²) in [5.41, 5.74) is 0.713. The van der Waals surface area contributed by atoms with Crippen molar-refractivity contribution in [1.29, 1.82) is 0 Å². The Bertz CT molecular complexity index is 706. The number of fused-ring (bicyclic) bond motifs is 1. The van der Waals surface area contributed by atoms with E-state index in [4.69, 9.17) is 4.74 Å². The van der Waals surface area contributed by atoms with Gasteiger partial charge in [-0.2, -0.15) is 0 Å². The summed E-state index contributed by atoms with van der Waals surface area (Å²) in [6, 6.07) is 7.39. The average molecular weight is 373 g/mol. The van der Waals surface area contributed by atoms with Gasteiger partial charge in [0.1, 0.15) is 5.75 Å². The van der Waals surface area contributed by atoms with Crippen LogP contribution in [-0.2, 0) is 14.4 Å². The lowest BCUT2D eigenvalue weighted by atomic mass is 10.0. The third-order valence-electron chi connectivity index (χ3n) is 4.97. The highest BCUT2D eigenvalue weighted by Crippen LogP contribution is 2.31. The van der Waals surface area contributed by atoms with Gasteiger partial charge < -0.3 is 19.9 Å². The van der Waals surface area contributed by atoms with Crippen molar-refractivity contribution in [1.82, 2.24) is 10.2 Å². The van der Waals surface area contributed by atoms with Gasteiger partial charge in [-0.25, -0.2) is 0 Å². The number of carbonyl (C=O) groups excluding carboxylic acids is 3. The van der Waals surface area contributed by atoms with E-state index in [-0.39, 0.29) is 36.8 Å². The zero-order chi connectivity index (χ0) is 19.2. The van der Waals surface area contributed by atoms with Gasteiger partial charge in [0.25, 0.3) is 5.91 Å². The number of amides is 3. The van der Waals surface area contributed by atoms with Gasteiger partial charge in [0.05, 0.1) is 5.69 Å². The molecule has 7 heteroatoms. The van der Waals surface area contributed by atoms with Gasteiger partial charge in [-0.1, -0.05) is 19.1 Å². The number of piperidine rings is 1. The molecule has 0 spiro atoms. The van der Waals surface area contributed by atoms with Crippen LogP contribution in [0.15, 0.2) is 24.3 Å². The highest BCUT2D eigenvalue weighted by atomic mass is 16.5. The van der Waals surface area contributed by atoms with Crippen LogP contribution in [-0.4, -0.2) is 54.9 Å². The van der Waals surface area contributed by atoms with E-state index in [9.17, 15) is 14.4 Å². The Morgan fingerprint density at radius 1 is 1.26 bits per heavy atom. The first-order valence-electron chi connectivity index (χ1n) is 9.67. The molecule has 2 aliphatic heterocycles. The highest BCUT2D eigenvalue weighted by molar-refractivity contribution is 5.98. The third kappa shape index (κ3) is 4.78. The Morgan fingerprint density at radius 2 is 2.07 bits per heavy atom. The van der Waals surface area contributed by atoms with Gasteiger partial charge in [0.15, 0.2) is 6.61 Å². The molecule has 1 aromatic carbocycles. The minimum Gasteiger partial charge on any atom is -0.482 e. The summed E-state index contributed by atoms with van der Waals surface area (Å²) < 4.78 is 5.43. The Hall–Kier alpha value is -2.57. The second-order valence-corrected chi connectivity index (χ2v) is 7.05. The molecule has 27 heavy (non-hydrogen) atoms. The molecule has 1 aromatic rings. The molecule has 0 aromatic heterocycles. The highest BCUT2D eigenvalue weighted by Gasteiger charge is 2.28. The molecule has 146 valence electrons. The van der Waals surface area contributed by atoms with Gasteiger partial charge >= 0.3 is 0 Å². The maximum absolute atomic E-state index is 12.7. The fraction of sp³-hybridized carbons (Fsp3) is 0.550. The zero-order valence-corrected chi connectivity index (χ0v) is 15.8. The standard InChI is InChI=1S/C20H27N3O4/c1-2-6-18(24)21-15-7-5-11-22(13-15)19(25)10-12-23-16-8-3-4-9-17(16)27-14-20(23)26/h3-4,8-9,15H,2,5-7,10-14H2,1H3,(H,21,24). The molecule has 1 fully saturated rings. The average Bonchev–Trinajstić information content (AvgIpc) is 2.67. The SMILES string of the molecule is CCCC(=O)NC1CCCN(C(=O)CCN2C(=O)COc3ccccc32)C1. The van der Waals surface area contributed by atoms with Crippen molar-refractivity contribution in [3.63, 3.8) is 0 Å². The second-order valence-electron chi connectivity index (χ2n) is 7.05. The predicted octanol–water partition coefficient (Wildman–Crippen LogP) is 1.71. The minimum atomic E-state index is -0.134. The van der Waals surface area contributed by atoms with Crippen molar-refractivity contribution in [3.8, 4) is 5.75 Å². The minimum absolute atomic E-state index is 0.000449. The Balaban J connectivity index is 1.55. The van der Waals surface area contributed by atoms with Crippen LogP contribution in [0, 0.1) is 0 Å². The molecule has 0 saturated carbocycles. The number of nitrogens with one attached hydrogen (secondary N) is 1. The van der Waals surface area contributed by atoms with Crippen molar-refractivity contribution in [2.24, 2.45) is 0 Å². The van der Waals surface area contributed by atoms with E-state index in [2.05, 4.69) is 5.32 Å². The molecule has 0 radical (unpaired) electrons. The van der Waals surface area contributed by atoms with Gasteiger partial charge in [-0.15, -0.1) is 0 Å². The lowest BCUT2D eigenvalue weighted by Gasteiger charge is -2.34. The lowest BCUT2D eigenvalue weighted by Crippen LogP contribution is -2.50. The Kier molecular flexibility index (Phi) is 6.32. The molecule has 0 aliphatic carbocycles. The van der Waals surface area contributed by atoms with Gasteiger partial charge in [-0.3, -0.25) is 14.4 Å². The first-order valence-corrected chi connectivity index (χ1v) is 9.67. The molecule has 1 N–H and O–H groups in total. The number of hydrogen-bond acceptors (Lipinski definition) is 4. The molecule has 3 rings (SSSR count). The van der Waals surface area contributed by atoms with E-state index < -0.39 is 0 Å². The van der Waals surface area contributed by atoms with E-state index >= 15 is 0 Å². The molecule has 3 amide bonds. The molecule has 2 aliphatic rings. The van der Waals surface area contributed by atoms with Crippen molar-refractivity contribution < 1.29 is 19.1 Å². The molecular formula is C20H27N3O4. The van der Waals surface area contributed by atoms with Crippen molar-refractivity contribution in [2.45, 2.75) is 45.1 Å². The van der Waals surface area contributed by atoms with Crippen molar-refractivity contribution in [3.05, 3.63) is 24.3 Å². The largest absolute Gasteiger partial charge is 0.482 e. The summed E-state index contributed by atoms with van der Waals surface area (Å²) >= 11 is 0. The fourth-order valence-corrected chi connectivity index (χ4v) is 3.61. The van der Waals surface area contributed by atoms with E-state index in [0.717, 1.165) is 19.3 Å². The number of rotatable bonds is 6. The smallest absolute Gasteiger partial charge is 0.265 e. The number of benzene rings is 1. The monoisotopic (exact) mass is 373 g/mol. The molecule has 2 heterocycles. The second kappa shape index (κ2) is 8.88. The quantitative estimate of drug-likeness (QED) is 0.823. The summed E-state index contributed by atoms with van der Waals surface area (Å²) in [5, 5.41) is 3.02. The number of ether oxygens (including phenoxy) is 1. The summed E-state index contributed by atoms with van der Waals surface area (Å²) in [4.78, 5) is 40.1.